The Morgan fingerprint density at radius 3 is 2.50 bits per heavy atom. The fourth-order valence-electron chi connectivity index (χ4n) is 5.49. The van der Waals surface area contributed by atoms with E-state index in [0.29, 0.717) is 58.4 Å². The number of amides is 2. The molecule has 2 aliphatic heterocycles. The average molecular weight is 515 g/mol. The van der Waals surface area contributed by atoms with Crippen LogP contribution >= 0.6 is 0 Å². The number of hydrogen-bond donors (Lipinski definition) is 2. The Hall–Kier alpha value is -4.23. The van der Waals surface area contributed by atoms with Gasteiger partial charge < -0.3 is 15.3 Å². The van der Waals surface area contributed by atoms with E-state index in [1.165, 1.54) is 9.30 Å². The lowest BCUT2D eigenvalue weighted by atomic mass is 9.76. The van der Waals surface area contributed by atoms with Gasteiger partial charge in [0.2, 0.25) is 0 Å². The number of nitriles is 1. The first-order chi connectivity index (χ1) is 18.4. The maximum atomic E-state index is 13.2. The number of carbonyl (C=O) groups excluding carboxylic acids is 1. The van der Waals surface area contributed by atoms with Crippen molar-refractivity contribution in [2.24, 2.45) is 0 Å². The van der Waals surface area contributed by atoms with Crippen LogP contribution in [-0.2, 0) is 12.0 Å². The molecule has 0 radical (unpaired) electrons. The molecule has 2 amide bonds. The highest BCUT2D eigenvalue weighted by molar-refractivity contribution is 5.94. The third kappa shape index (κ3) is 4.97. The molecule has 5 rings (SSSR count). The summed E-state index contributed by atoms with van der Waals surface area (Å²) >= 11 is 0. The number of likely N-dealkylation sites (tertiary alicyclic amines) is 2. The topological polar surface area (TPSA) is 131 Å². The number of hydrogen-bond acceptors (Lipinski definition) is 6. The van der Waals surface area contributed by atoms with Gasteiger partial charge in [-0.05, 0) is 61.6 Å². The van der Waals surface area contributed by atoms with E-state index in [1.54, 1.807) is 24.5 Å². The zero-order valence-electron chi connectivity index (χ0n) is 21.0. The lowest BCUT2D eigenvalue weighted by Crippen LogP contribution is -2.47. The van der Waals surface area contributed by atoms with Crippen LogP contribution in [0.5, 0.6) is 0 Å². The SMILES string of the molecule is N#CC1(c2ccccn2)CCN(Cc2cc(C(=O)NC3CCN(C(=O)O)CC3)c(=O)n3ccccc23)CC1. The fourth-order valence-corrected chi connectivity index (χ4v) is 5.49. The summed E-state index contributed by atoms with van der Waals surface area (Å²) in [5.41, 5.74) is 1.47. The van der Waals surface area contributed by atoms with Crippen LogP contribution in [0.4, 0.5) is 4.79 Å². The minimum atomic E-state index is -0.961. The number of piperidine rings is 2. The molecule has 196 valence electrons. The minimum Gasteiger partial charge on any atom is -0.465 e. The molecule has 10 nitrogen and oxygen atoms in total. The van der Waals surface area contributed by atoms with Crippen molar-refractivity contribution in [3.63, 3.8) is 0 Å². The van der Waals surface area contributed by atoms with Gasteiger partial charge in [-0.15, -0.1) is 0 Å². The molecule has 3 aromatic rings. The number of nitrogens with zero attached hydrogens (tertiary/aromatic N) is 5. The summed E-state index contributed by atoms with van der Waals surface area (Å²) in [6.45, 7) is 2.60. The summed E-state index contributed by atoms with van der Waals surface area (Å²) < 4.78 is 1.51. The quantitative estimate of drug-likeness (QED) is 0.535. The first-order valence-electron chi connectivity index (χ1n) is 12.9. The Bertz CT molecular complexity index is 1430. The van der Waals surface area contributed by atoms with Crippen LogP contribution in [-0.4, -0.2) is 68.5 Å². The van der Waals surface area contributed by atoms with Crippen molar-refractivity contribution < 1.29 is 14.7 Å². The van der Waals surface area contributed by atoms with Crippen LogP contribution in [0.15, 0.2) is 59.7 Å². The van der Waals surface area contributed by atoms with Crippen LogP contribution in [0, 0.1) is 11.3 Å². The summed E-state index contributed by atoms with van der Waals surface area (Å²) in [6, 6.07) is 15.2. The normalized spacial score (nSPS) is 18.1. The van der Waals surface area contributed by atoms with Crippen LogP contribution in [0.1, 0.15) is 47.3 Å². The second-order valence-corrected chi connectivity index (χ2v) is 10.0. The maximum absolute atomic E-state index is 13.2. The number of aromatic nitrogens is 2. The Labute approximate surface area is 220 Å². The van der Waals surface area contributed by atoms with Crippen molar-refractivity contribution in [2.75, 3.05) is 26.2 Å². The van der Waals surface area contributed by atoms with Crippen molar-refractivity contribution in [1.82, 2.24) is 24.5 Å². The molecular formula is C28H30N6O4. The van der Waals surface area contributed by atoms with Gasteiger partial charge in [-0.1, -0.05) is 12.1 Å². The van der Waals surface area contributed by atoms with Gasteiger partial charge in [0.25, 0.3) is 11.5 Å². The minimum absolute atomic E-state index is 0.0706. The molecule has 2 fully saturated rings. The number of pyridine rings is 3. The average Bonchev–Trinajstić information content (AvgIpc) is 2.96. The number of carbonyl (C=O) groups is 2. The molecular weight excluding hydrogens is 484 g/mol. The lowest BCUT2D eigenvalue weighted by Gasteiger charge is -2.37. The summed E-state index contributed by atoms with van der Waals surface area (Å²) in [5, 5.41) is 22.1. The number of fused-ring (bicyclic) bond motifs is 1. The predicted molar refractivity (Wildman–Crippen MR) is 140 cm³/mol. The van der Waals surface area contributed by atoms with Gasteiger partial charge in [0.1, 0.15) is 11.0 Å². The van der Waals surface area contributed by atoms with Gasteiger partial charge in [0.05, 0.1) is 17.3 Å². The molecule has 0 unspecified atom stereocenters. The van der Waals surface area contributed by atoms with Crippen LogP contribution in [0.2, 0.25) is 0 Å². The van der Waals surface area contributed by atoms with Crippen molar-refractivity contribution in [2.45, 2.75) is 43.7 Å². The smallest absolute Gasteiger partial charge is 0.407 e. The van der Waals surface area contributed by atoms with E-state index in [9.17, 15) is 19.6 Å². The molecule has 0 atom stereocenters. The summed E-state index contributed by atoms with van der Waals surface area (Å²) in [4.78, 5) is 45.6. The van der Waals surface area contributed by atoms with Crippen molar-refractivity contribution in [3.05, 3.63) is 82.0 Å². The van der Waals surface area contributed by atoms with Gasteiger partial charge in [-0.2, -0.15) is 5.26 Å². The number of rotatable bonds is 5. The predicted octanol–water partition coefficient (Wildman–Crippen LogP) is 2.62. The number of carboxylic acid groups (broad SMARTS) is 1. The van der Waals surface area contributed by atoms with Gasteiger partial charge in [0, 0.05) is 51.2 Å². The molecule has 0 aliphatic carbocycles. The zero-order valence-corrected chi connectivity index (χ0v) is 21.0. The van der Waals surface area contributed by atoms with Crippen molar-refractivity contribution in [1.29, 1.82) is 5.26 Å². The Balaban J connectivity index is 1.34. The third-order valence-corrected chi connectivity index (χ3v) is 7.77. The maximum Gasteiger partial charge on any atom is 0.407 e. The molecule has 0 spiro atoms. The first kappa shape index (κ1) is 25.4. The van der Waals surface area contributed by atoms with Crippen LogP contribution in [0.25, 0.3) is 5.52 Å². The van der Waals surface area contributed by atoms with E-state index in [0.717, 1.165) is 16.8 Å². The van der Waals surface area contributed by atoms with Gasteiger partial charge >= 0.3 is 6.09 Å². The second-order valence-electron chi connectivity index (χ2n) is 10.0. The van der Waals surface area contributed by atoms with Crippen LogP contribution < -0.4 is 10.9 Å². The Morgan fingerprint density at radius 1 is 1.11 bits per heavy atom. The fraction of sp³-hybridized carbons (Fsp3) is 0.393. The first-order valence-corrected chi connectivity index (χ1v) is 12.9. The van der Waals surface area contributed by atoms with Gasteiger partial charge in [-0.3, -0.25) is 23.9 Å². The van der Waals surface area contributed by atoms with E-state index in [2.05, 4.69) is 21.3 Å². The summed E-state index contributed by atoms with van der Waals surface area (Å²) in [7, 11) is 0. The van der Waals surface area contributed by atoms with E-state index >= 15 is 0 Å². The largest absolute Gasteiger partial charge is 0.465 e. The van der Waals surface area contributed by atoms with E-state index in [1.807, 2.05) is 30.3 Å². The highest BCUT2D eigenvalue weighted by atomic mass is 16.4. The Kier molecular flexibility index (Phi) is 7.11. The molecule has 38 heavy (non-hydrogen) atoms. The van der Waals surface area contributed by atoms with E-state index < -0.39 is 17.4 Å². The molecule has 0 aromatic carbocycles. The molecule has 0 bridgehead atoms. The third-order valence-electron chi connectivity index (χ3n) is 7.77. The molecule has 5 heterocycles. The van der Waals surface area contributed by atoms with E-state index in [4.69, 9.17) is 5.11 Å². The zero-order chi connectivity index (χ0) is 26.7. The molecule has 2 saturated heterocycles. The van der Waals surface area contributed by atoms with Gasteiger partial charge in [-0.25, -0.2) is 4.79 Å². The van der Waals surface area contributed by atoms with Crippen molar-refractivity contribution in [3.8, 4) is 6.07 Å². The second kappa shape index (κ2) is 10.6. The molecule has 2 N–H and O–H groups in total. The lowest BCUT2D eigenvalue weighted by molar-refractivity contribution is 0.0905. The number of nitrogens with one attached hydrogen (secondary N) is 1. The molecule has 0 saturated carbocycles. The molecule has 2 aliphatic rings. The van der Waals surface area contributed by atoms with Crippen LogP contribution in [0.3, 0.4) is 0 Å². The summed E-state index contributed by atoms with van der Waals surface area (Å²) in [6.07, 6.45) is 4.73. The van der Waals surface area contributed by atoms with Gasteiger partial charge in [0.15, 0.2) is 0 Å². The molecule has 3 aromatic heterocycles. The molecule has 10 heteroatoms. The monoisotopic (exact) mass is 514 g/mol. The van der Waals surface area contributed by atoms with E-state index in [-0.39, 0.29) is 17.2 Å². The highest BCUT2D eigenvalue weighted by Crippen LogP contribution is 2.34. The summed E-state index contributed by atoms with van der Waals surface area (Å²) in [5.74, 6) is -0.444. The highest BCUT2D eigenvalue weighted by Gasteiger charge is 2.37. The Morgan fingerprint density at radius 2 is 1.84 bits per heavy atom. The van der Waals surface area contributed by atoms with Crippen molar-refractivity contribution >= 4 is 17.5 Å². The standard InChI is InChI=1S/C28H30N6O4/c29-19-28(24-6-1-3-11-30-24)9-15-32(16-10-28)18-20-17-22(26(36)34-12-4-2-5-23(20)34)25(35)31-21-7-13-33(14-8-21)27(37)38/h1-6,11-12,17,21H,7-10,13-16,18H2,(H,31,35)(H,37,38).